The number of rotatable bonds is 6. The van der Waals surface area contributed by atoms with E-state index in [-0.39, 0.29) is 39.8 Å². The second-order valence-electron chi connectivity index (χ2n) is 17.5. The lowest BCUT2D eigenvalue weighted by Gasteiger charge is -2.10. The number of benzene rings is 9. The number of imidazole rings is 2. The monoisotopic (exact) mass is 922 g/mol. The highest BCUT2D eigenvalue weighted by Crippen LogP contribution is 2.45. The van der Waals surface area contributed by atoms with Gasteiger partial charge < -0.3 is 10.2 Å². The Morgan fingerprint density at radius 2 is 0.873 bits per heavy atom. The minimum atomic E-state index is -0.295. The highest BCUT2D eigenvalue weighted by atomic mass is 16.3. The van der Waals surface area contributed by atoms with Crippen LogP contribution in [0, 0.1) is 6.92 Å². The molecule has 0 fully saturated rings. The standard InChI is InChI=1S/C56H30N10O5/c1-27-22-28(18-21-41(27)62-64-51-34-9-7-11-36-49(34)40(26-47(51)68)56(71)66-45-15-5-3-13-43(45)58-54(36)66)59-60-29-16-19-31-32-20-17-30(24-38(32)52(69)37(31)23-29)61-63-50-33-8-6-10-35-48(33)39(25-46(50)67)55(70)65-44-14-4-2-12-42(44)57-53(35)65/h2-26,67-68H,1H3. The van der Waals surface area contributed by atoms with Crippen molar-refractivity contribution in [1.29, 1.82) is 0 Å². The van der Waals surface area contributed by atoms with Crippen molar-refractivity contribution in [3.8, 4) is 22.6 Å². The van der Waals surface area contributed by atoms with Gasteiger partial charge >= 0.3 is 0 Å². The van der Waals surface area contributed by atoms with Gasteiger partial charge in [-0.3, -0.25) is 23.2 Å². The predicted octanol–water partition coefficient (Wildman–Crippen LogP) is 13.7. The molecule has 0 atom stereocenters. The van der Waals surface area contributed by atoms with Gasteiger partial charge in [0.2, 0.25) is 0 Å². The molecule has 0 radical (unpaired) electrons. The van der Waals surface area contributed by atoms with E-state index >= 15 is 0 Å². The van der Waals surface area contributed by atoms with Gasteiger partial charge in [0.1, 0.15) is 34.2 Å². The van der Waals surface area contributed by atoms with Crippen LogP contribution < -0.4 is 11.1 Å². The summed E-state index contributed by atoms with van der Waals surface area (Å²) in [6, 6.07) is 44.7. The maximum absolute atomic E-state index is 13.9. The third-order valence-corrected chi connectivity index (χ3v) is 13.5. The summed E-state index contributed by atoms with van der Waals surface area (Å²) in [4.78, 5) is 51.1. The molecule has 0 saturated heterocycles. The zero-order chi connectivity index (χ0) is 47.8. The third kappa shape index (κ3) is 5.80. The number of azo groups is 3. The van der Waals surface area contributed by atoms with Gasteiger partial charge in [-0.1, -0.05) is 72.8 Å². The molecular weight excluding hydrogens is 893 g/mol. The molecule has 15 heteroatoms. The summed E-state index contributed by atoms with van der Waals surface area (Å²) in [6.45, 7) is 1.86. The lowest BCUT2D eigenvalue weighted by atomic mass is 10.0. The van der Waals surface area contributed by atoms with Crippen molar-refractivity contribution >= 4 is 116 Å². The van der Waals surface area contributed by atoms with E-state index in [1.165, 1.54) is 12.1 Å². The van der Waals surface area contributed by atoms with Crippen LogP contribution in [0.2, 0.25) is 0 Å². The van der Waals surface area contributed by atoms with Crippen molar-refractivity contribution in [2.24, 2.45) is 30.7 Å². The Balaban J connectivity index is 0.723. The van der Waals surface area contributed by atoms with Crippen LogP contribution in [0.25, 0.3) is 87.6 Å². The molecule has 0 amide bonds. The number of aryl methyl sites for hydroxylation is 1. The van der Waals surface area contributed by atoms with Gasteiger partial charge in [0, 0.05) is 43.4 Å². The van der Waals surface area contributed by atoms with Crippen molar-refractivity contribution in [3.05, 3.63) is 189 Å². The number of ketones is 1. The van der Waals surface area contributed by atoms with E-state index in [0.717, 1.165) is 27.5 Å². The lowest BCUT2D eigenvalue weighted by Crippen LogP contribution is -2.13. The van der Waals surface area contributed by atoms with Crippen molar-refractivity contribution in [2.75, 3.05) is 0 Å². The number of phenolic OH excluding ortho intramolecular Hbond substituents is 2. The van der Waals surface area contributed by atoms with Crippen LogP contribution in [0.4, 0.5) is 34.1 Å². The van der Waals surface area contributed by atoms with E-state index in [1.807, 2.05) is 104 Å². The van der Waals surface area contributed by atoms with E-state index in [0.29, 0.717) is 99.6 Å². The first-order valence-corrected chi connectivity index (χ1v) is 22.5. The fourth-order valence-electron chi connectivity index (χ4n) is 10.2. The highest BCUT2D eigenvalue weighted by Gasteiger charge is 2.28. The van der Waals surface area contributed by atoms with Crippen LogP contribution in [0.1, 0.15) is 21.5 Å². The van der Waals surface area contributed by atoms with Gasteiger partial charge in [0.15, 0.2) is 5.78 Å². The molecule has 0 bridgehead atoms. The Morgan fingerprint density at radius 1 is 0.423 bits per heavy atom. The Kier molecular flexibility index (Phi) is 8.26. The Bertz CT molecular complexity index is 4770. The zero-order valence-corrected chi connectivity index (χ0v) is 37.0. The predicted molar refractivity (Wildman–Crippen MR) is 273 cm³/mol. The molecule has 4 heterocycles. The van der Waals surface area contributed by atoms with Crippen molar-refractivity contribution in [1.82, 2.24) is 18.8 Å². The number of aromatic hydroxyl groups is 2. The van der Waals surface area contributed by atoms with E-state index in [4.69, 9.17) is 9.97 Å². The van der Waals surface area contributed by atoms with E-state index < -0.39 is 0 Å². The fourth-order valence-corrected chi connectivity index (χ4v) is 10.2. The molecule has 0 unspecified atom stereocenters. The first kappa shape index (κ1) is 40.0. The summed E-state index contributed by atoms with van der Waals surface area (Å²) in [5.74, 6) is -0.582. The van der Waals surface area contributed by atoms with Crippen molar-refractivity contribution in [3.63, 3.8) is 0 Å². The topological polar surface area (TPSA) is 200 Å². The first-order valence-electron chi connectivity index (χ1n) is 22.5. The Hall–Kier alpha value is -10.2. The average Bonchev–Trinajstić information content (AvgIpc) is 4.06. The molecule has 13 aromatic rings. The SMILES string of the molecule is Cc1cc(N=Nc2ccc3c(c2)C(=O)c2cc(N=Nc4c(O)cc5c(=O)n6c7ccccc7nc6c6cccc4c56)ccc2-3)ccc1N=Nc1c(O)cc2c(=O)n3c4ccccc4nc3c3cccc1c23. The average molecular weight is 923 g/mol. The molecule has 4 aromatic heterocycles. The van der Waals surface area contributed by atoms with Crippen LogP contribution in [0.5, 0.6) is 11.5 Å². The van der Waals surface area contributed by atoms with Gasteiger partial charge in [0.25, 0.3) is 11.1 Å². The Morgan fingerprint density at radius 3 is 1.39 bits per heavy atom. The number of phenols is 2. The van der Waals surface area contributed by atoms with E-state index in [2.05, 4.69) is 30.7 Å². The molecule has 334 valence electrons. The van der Waals surface area contributed by atoms with Gasteiger partial charge in [-0.05, 0) is 102 Å². The van der Waals surface area contributed by atoms with Gasteiger partial charge in [-0.2, -0.15) is 20.5 Å². The zero-order valence-electron chi connectivity index (χ0n) is 37.0. The number of hydrogen-bond donors (Lipinski definition) is 2. The number of carbonyl (C=O) groups is 1. The minimum absolute atomic E-state index is 0.176. The summed E-state index contributed by atoms with van der Waals surface area (Å²) < 4.78 is 3.16. The lowest BCUT2D eigenvalue weighted by molar-refractivity contribution is 0.104. The second-order valence-corrected chi connectivity index (χ2v) is 17.5. The second kappa shape index (κ2) is 14.7. The molecule has 0 aliphatic heterocycles. The molecule has 71 heavy (non-hydrogen) atoms. The number of hydrogen-bond acceptors (Lipinski definition) is 13. The minimum Gasteiger partial charge on any atom is -0.506 e. The fraction of sp³-hybridized carbons (Fsp3) is 0.0179. The molecule has 1 aliphatic carbocycles. The van der Waals surface area contributed by atoms with Crippen LogP contribution in [-0.4, -0.2) is 34.8 Å². The normalized spacial score (nSPS) is 12.9. The number of para-hydroxylation sites is 4. The largest absolute Gasteiger partial charge is 0.506 e. The van der Waals surface area contributed by atoms with Crippen LogP contribution >= 0.6 is 0 Å². The number of carbonyl (C=O) groups excluding carboxylic acids is 1. The molecular formula is C56H30N10O5. The summed E-state index contributed by atoms with van der Waals surface area (Å²) in [7, 11) is 0. The van der Waals surface area contributed by atoms with E-state index in [1.54, 1.807) is 51.3 Å². The molecule has 14 rings (SSSR count). The van der Waals surface area contributed by atoms with E-state index in [9.17, 15) is 24.6 Å². The first-order chi connectivity index (χ1) is 34.7. The number of aromatic nitrogens is 4. The summed E-state index contributed by atoms with van der Waals surface area (Å²) in [6.07, 6.45) is 0. The number of nitrogens with zero attached hydrogens (tertiary/aromatic N) is 10. The third-order valence-electron chi connectivity index (χ3n) is 13.5. The van der Waals surface area contributed by atoms with Gasteiger partial charge in [-0.15, -0.1) is 10.2 Å². The smallest absolute Gasteiger partial charge is 0.264 e. The van der Waals surface area contributed by atoms with Gasteiger partial charge in [-0.25, -0.2) is 9.97 Å². The molecule has 15 nitrogen and oxygen atoms in total. The summed E-state index contributed by atoms with van der Waals surface area (Å²) >= 11 is 0. The molecule has 0 spiro atoms. The van der Waals surface area contributed by atoms with Crippen LogP contribution in [-0.2, 0) is 0 Å². The van der Waals surface area contributed by atoms with Crippen LogP contribution in [0.3, 0.4) is 0 Å². The maximum atomic E-state index is 13.9. The molecule has 0 saturated carbocycles. The van der Waals surface area contributed by atoms with Crippen molar-refractivity contribution in [2.45, 2.75) is 6.92 Å². The van der Waals surface area contributed by atoms with Gasteiger partial charge in [0.05, 0.1) is 55.6 Å². The number of pyridine rings is 2. The Labute approximate surface area is 398 Å². The van der Waals surface area contributed by atoms with Crippen molar-refractivity contribution < 1.29 is 15.0 Å². The summed E-state index contributed by atoms with van der Waals surface area (Å²) in [5.41, 5.74) is 8.79. The summed E-state index contributed by atoms with van der Waals surface area (Å²) in [5, 5.41) is 53.9. The highest BCUT2D eigenvalue weighted by molar-refractivity contribution is 6.23. The maximum Gasteiger partial charge on any atom is 0.264 e. The molecule has 2 N–H and O–H groups in total. The molecule has 1 aliphatic rings. The quantitative estimate of drug-likeness (QED) is 0.154. The number of fused-ring (bicyclic) bond motifs is 11. The van der Waals surface area contributed by atoms with Crippen LogP contribution in [0.15, 0.2) is 192 Å². The molecule has 9 aromatic carbocycles.